The predicted octanol–water partition coefficient (Wildman–Crippen LogP) is -0.208. The summed E-state index contributed by atoms with van der Waals surface area (Å²) in [4.78, 5) is 33.4. The van der Waals surface area contributed by atoms with Crippen molar-refractivity contribution in [1.82, 2.24) is 9.88 Å². The molecule has 1 atom stereocenters. The molecule has 0 spiro atoms. The normalized spacial score (nSPS) is 11.8. The fourth-order valence-electron chi connectivity index (χ4n) is 1.61. The van der Waals surface area contributed by atoms with E-state index in [1.807, 2.05) is 0 Å². The molecule has 1 amide bonds. The SMILES string of the molecule is COCCn1cccc1C(=O)N[C@@H](CC(=O)O)C(=O)O. The van der Waals surface area contributed by atoms with Crippen LogP contribution in [0.15, 0.2) is 18.3 Å². The van der Waals surface area contributed by atoms with Crippen LogP contribution in [0.2, 0.25) is 0 Å². The smallest absolute Gasteiger partial charge is 0.326 e. The number of nitrogens with zero attached hydrogens (tertiary/aromatic N) is 1. The topological polar surface area (TPSA) is 118 Å². The van der Waals surface area contributed by atoms with E-state index in [0.29, 0.717) is 13.2 Å². The largest absolute Gasteiger partial charge is 0.481 e. The van der Waals surface area contributed by atoms with Gasteiger partial charge in [0.25, 0.3) is 5.91 Å². The maximum absolute atomic E-state index is 12.0. The van der Waals surface area contributed by atoms with Gasteiger partial charge >= 0.3 is 11.9 Å². The molecule has 0 saturated heterocycles. The number of carboxylic acid groups (broad SMARTS) is 2. The number of hydrogen-bond donors (Lipinski definition) is 3. The number of aliphatic carboxylic acids is 2. The molecule has 0 aliphatic rings. The lowest BCUT2D eigenvalue weighted by Crippen LogP contribution is -2.42. The Balaban J connectivity index is 2.76. The van der Waals surface area contributed by atoms with Gasteiger partial charge in [-0.15, -0.1) is 0 Å². The number of ether oxygens (including phenoxy) is 1. The van der Waals surface area contributed by atoms with Crippen molar-refractivity contribution in [2.24, 2.45) is 0 Å². The molecule has 0 saturated carbocycles. The van der Waals surface area contributed by atoms with Gasteiger partial charge in [-0.05, 0) is 12.1 Å². The molecule has 0 unspecified atom stereocenters. The van der Waals surface area contributed by atoms with Crippen LogP contribution >= 0.6 is 0 Å². The molecule has 8 nitrogen and oxygen atoms in total. The van der Waals surface area contributed by atoms with Crippen molar-refractivity contribution in [3.05, 3.63) is 24.0 Å². The highest BCUT2D eigenvalue weighted by Gasteiger charge is 2.24. The average molecular weight is 284 g/mol. The summed E-state index contributed by atoms with van der Waals surface area (Å²) in [6.07, 6.45) is 0.973. The van der Waals surface area contributed by atoms with Crippen LogP contribution < -0.4 is 5.32 Å². The number of methoxy groups -OCH3 is 1. The zero-order valence-electron chi connectivity index (χ0n) is 10.9. The Hall–Kier alpha value is -2.35. The summed E-state index contributed by atoms with van der Waals surface area (Å²) < 4.78 is 6.49. The number of rotatable bonds is 8. The molecular formula is C12H16N2O6. The number of amides is 1. The molecule has 110 valence electrons. The zero-order valence-corrected chi connectivity index (χ0v) is 10.9. The first-order chi connectivity index (χ1) is 9.45. The van der Waals surface area contributed by atoms with Crippen molar-refractivity contribution in [2.75, 3.05) is 13.7 Å². The molecule has 0 radical (unpaired) electrons. The summed E-state index contributed by atoms with van der Waals surface area (Å²) in [7, 11) is 1.52. The number of carbonyl (C=O) groups is 3. The van der Waals surface area contributed by atoms with Gasteiger partial charge in [-0.3, -0.25) is 9.59 Å². The van der Waals surface area contributed by atoms with Gasteiger partial charge in [-0.2, -0.15) is 0 Å². The van der Waals surface area contributed by atoms with Gasteiger partial charge in [0.2, 0.25) is 0 Å². The van der Waals surface area contributed by atoms with Crippen LogP contribution in [-0.2, 0) is 20.9 Å². The third-order valence-electron chi connectivity index (χ3n) is 2.58. The summed E-state index contributed by atoms with van der Waals surface area (Å²) in [5.41, 5.74) is 0.249. The Bertz CT molecular complexity index is 496. The van der Waals surface area contributed by atoms with E-state index in [1.54, 1.807) is 16.8 Å². The minimum Gasteiger partial charge on any atom is -0.481 e. The third kappa shape index (κ3) is 4.39. The van der Waals surface area contributed by atoms with Crippen LogP contribution in [0.25, 0.3) is 0 Å². The van der Waals surface area contributed by atoms with E-state index in [0.717, 1.165) is 0 Å². The molecule has 20 heavy (non-hydrogen) atoms. The molecule has 0 aliphatic heterocycles. The Morgan fingerprint density at radius 3 is 2.65 bits per heavy atom. The van der Waals surface area contributed by atoms with E-state index in [1.165, 1.54) is 13.2 Å². The molecule has 0 aromatic carbocycles. The van der Waals surface area contributed by atoms with E-state index in [2.05, 4.69) is 5.32 Å². The predicted molar refractivity (Wildman–Crippen MR) is 67.5 cm³/mol. The maximum Gasteiger partial charge on any atom is 0.326 e. The summed E-state index contributed by atoms with van der Waals surface area (Å²) in [5, 5.41) is 19.7. The van der Waals surface area contributed by atoms with Gasteiger partial charge in [0.1, 0.15) is 11.7 Å². The quantitative estimate of drug-likeness (QED) is 0.608. The maximum atomic E-state index is 12.0. The van der Waals surface area contributed by atoms with E-state index in [9.17, 15) is 14.4 Å². The first-order valence-electron chi connectivity index (χ1n) is 5.85. The number of aromatic nitrogens is 1. The summed E-state index contributed by atoms with van der Waals surface area (Å²) in [6.45, 7) is 0.829. The molecule has 1 heterocycles. The minimum atomic E-state index is -1.47. The highest BCUT2D eigenvalue weighted by Crippen LogP contribution is 2.04. The fourth-order valence-corrected chi connectivity index (χ4v) is 1.61. The number of carbonyl (C=O) groups excluding carboxylic acids is 1. The average Bonchev–Trinajstić information content (AvgIpc) is 2.83. The molecule has 0 fully saturated rings. The zero-order chi connectivity index (χ0) is 15.1. The highest BCUT2D eigenvalue weighted by molar-refractivity contribution is 5.96. The van der Waals surface area contributed by atoms with Gasteiger partial charge in [0.15, 0.2) is 0 Å². The lowest BCUT2D eigenvalue weighted by atomic mass is 10.2. The molecule has 0 aliphatic carbocycles. The second-order valence-electron chi connectivity index (χ2n) is 4.04. The van der Waals surface area contributed by atoms with Crippen molar-refractivity contribution in [3.63, 3.8) is 0 Å². The van der Waals surface area contributed by atoms with Crippen molar-refractivity contribution in [1.29, 1.82) is 0 Å². The Labute approximate surface area is 115 Å². The minimum absolute atomic E-state index is 0.249. The molecule has 8 heteroatoms. The summed E-state index contributed by atoms with van der Waals surface area (Å²) >= 11 is 0. The standard InChI is InChI=1S/C12H16N2O6/c1-20-6-5-14-4-2-3-9(14)11(17)13-8(12(18)19)7-10(15)16/h2-4,8H,5-7H2,1H3,(H,13,17)(H,15,16)(H,18,19)/t8-/m0/s1. The lowest BCUT2D eigenvalue weighted by molar-refractivity contribution is -0.145. The lowest BCUT2D eigenvalue weighted by Gasteiger charge is -2.14. The van der Waals surface area contributed by atoms with Crippen molar-refractivity contribution in [3.8, 4) is 0 Å². The van der Waals surface area contributed by atoms with Crippen LogP contribution in [0.5, 0.6) is 0 Å². The van der Waals surface area contributed by atoms with Crippen LogP contribution in [0.4, 0.5) is 0 Å². The Morgan fingerprint density at radius 2 is 2.10 bits per heavy atom. The third-order valence-corrected chi connectivity index (χ3v) is 2.58. The van der Waals surface area contributed by atoms with Crippen LogP contribution in [-0.4, -0.2) is 52.4 Å². The summed E-state index contributed by atoms with van der Waals surface area (Å²) in [6, 6.07) is 1.69. The molecule has 0 bridgehead atoms. The number of carboxylic acids is 2. The molecule has 1 rings (SSSR count). The van der Waals surface area contributed by atoms with Gasteiger partial charge in [-0.1, -0.05) is 0 Å². The monoisotopic (exact) mass is 284 g/mol. The van der Waals surface area contributed by atoms with Crippen molar-refractivity contribution in [2.45, 2.75) is 19.0 Å². The fraction of sp³-hybridized carbons (Fsp3) is 0.417. The van der Waals surface area contributed by atoms with Crippen molar-refractivity contribution >= 4 is 17.8 Å². The van der Waals surface area contributed by atoms with Gasteiger partial charge < -0.3 is 24.8 Å². The first kappa shape index (κ1) is 15.7. The molecular weight excluding hydrogens is 268 g/mol. The van der Waals surface area contributed by atoms with E-state index in [-0.39, 0.29) is 5.69 Å². The second kappa shape index (κ2) is 7.29. The van der Waals surface area contributed by atoms with Crippen LogP contribution in [0.1, 0.15) is 16.9 Å². The Morgan fingerprint density at radius 1 is 1.40 bits per heavy atom. The van der Waals surface area contributed by atoms with Gasteiger partial charge in [-0.25, -0.2) is 4.79 Å². The van der Waals surface area contributed by atoms with Gasteiger partial charge in [0.05, 0.1) is 13.0 Å². The number of nitrogens with one attached hydrogen (secondary N) is 1. The second-order valence-corrected chi connectivity index (χ2v) is 4.04. The number of hydrogen-bond acceptors (Lipinski definition) is 4. The highest BCUT2D eigenvalue weighted by atomic mass is 16.5. The first-order valence-corrected chi connectivity index (χ1v) is 5.85. The molecule has 1 aromatic rings. The molecule has 1 aromatic heterocycles. The van der Waals surface area contributed by atoms with Crippen LogP contribution in [0.3, 0.4) is 0 Å². The van der Waals surface area contributed by atoms with Gasteiger partial charge in [0, 0.05) is 19.9 Å². The van der Waals surface area contributed by atoms with E-state index < -0.39 is 30.3 Å². The van der Waals surface area contributed by atoms with Crippen molar-refractivity contribution < 1.29 is 29.3 Å². The van der Waals surface area contributed by atoms with E-state index >= 15 is 0 Å². The molecule has 3 N–H and O–H groups in total. The summed E-state index contributed by atoms with van der Waals surface area (Å²) in [5.74, 6) is -3.33. The van der Waals surface area contributed by atoms with Crippen LogP contribution in [0, 0.1) is 0 Å². The van der Waals surface area contributed by atoms with E-state index in [4.69, 9.17) is 14.9 Å². The Kier molecular flexibility index (Phi) is 5.73.